The van der Waals surface area contributed by atoms with Crippen molar-refractivity contribution in [3.63, 3.8) is 0 Å². The first-order chi connectivity index (χ1) is 8.88. The minimum absolute atomic E-state index is 0.0376. The zero-order chi connectivity index (χ0) is 14.6. The molecule has 1 unspecified atom stereocenters. The molecule has 1 aliphatic heterocycles. The first-order valence-electron chi connectivity index (χ1n) is 5.62. The maximum Gasteiger partial charge on any atom is 0.335 e. The molecule has 108 valence electrons. The third-order valence-electron chi connectivity index (χ3n) is 2.59. The number of hydrogen-bond acceptors (Lipinski definition) is 6. The van der Waals surface area contributed by atoms with Crippen molar-refractivity contribution in [1.82, 2.24) is 5.32 Å². The first kappa shape index (κ1) is 15.6. The van der Waals surface area contributed by atoms with Gasteiger partial charge in [0.1, 0.15) is 18.2 Å². The summed E-state index contributed by atoms with van der Waals surface area (Å²) in [5.74, 6) is -1.90. The normalized spacial score (nSPS) is 34.6. The number of rotatable bonds is 5. The molecule has 1 heterocycles. The van der Waals surface area contributed by atoms with Gasteiger partial charge in [0.25, 0.3) is 0 Å². The van der Waals surface area contributed by atoms with Gasteiger partial charge in [-0.2, -0.15) is 0 Å². The van der Waals surface area contributed by atoms with Crippen LogP contribution in [0.2, 0.25) is 0 Å². The van der Waals surface area contributed by atoms with Gasteiger partial charge in [0.15, 0.2) is 12.4 Å². The zero-order valence-corrected chi connectivity index (χ0v) is 10.4. The molecule has 0 aromatic carbocycles. The standard InChI is InChI=1S/C11H17NO7/c1-3-4-18-11-6(12-5(2)13)7(14)8(15)9(19-11)10(16)17/h3,6-9,11,14-15H,1,4H2,2H3,(H,12,13)(H,16,17)/t6-,7-,8+,9+,11?/m1/s1. The lowest BCUT2D eigenvalue weighted by Crippen LogP contribution is -2.65. The fourth-order valence-electron chi connectivity index (χ4n) is 1.76. The summed E-state index contributed by atoms with van der Waals surface area (Å²) in [7, 11) is 0. The van der Waals surface area contributed by atoms with Crippen molar-refractivity contribution in [1.29, 1.82) is 0 Å². The maximum atomic E-state index is 11.0. The summed E-state index contributed by atoms with van der Waals surface area (Å²) in [6.07, 6.45) is -4.61. The van der Waals surface area contributed by atoms with Crippen molar-refractivity contribution < 1.29 is 34.4 Å². The SMILES string of the molecule is C=CCOC1O[C@H](C(=O)O)[C@@H](O)[C@H](O)[C@H]1NC(C)=O. The van der Waals surface area contributed by atoms with Crippen molar-refractivity contribution in [3.8, 4) is 0 Å². The lowest BCUT2D eigenvalue weighted by Gasteiger charge is -2.40. The van der Waals surface area contributed by atoms with Gasteiger partial charge >= 0.3 is 5.97 Å². The Balaban J connectivity index is 2.88. The molecule has 1 fully saturated rings. The Morgan fingerprint density at radius 2 is 2.05 bits per heavy atom. The third-order valence-corrected chi connectivity index (χ3v) is 2.59. The molecule has 0 spiro atoms. The van der Waals surface area contributed by atoms with Crippen LogP contribution >= 0.6 is 0 Å². The van der Waals surface area contributed by atoms with Crippen LogP contribution in [0.5, 0.6) is 0 Å². The van der Waals surface area contributed by atoms with Crippen LogP contribution in [0, 0.1) is 0 Å². The van der Waals surface area contributed by atoms with E-state index >= 15 is 0 Å². The predicted octanol–water partition coefficient (Wildman–Crippen LogP) is -1.77. The van der Waals surface area contributed by atoms with E-state index in [1.165, 1.54) is 13.0 Å². The van der Waals surface area contributed by atoms with E-state index in [4.69, 9.17) is 14.6 Å². The molecular formula is C11H17NO7. The summed E-state index contributed by atoms with van der Waals surface area (Å²) in [5.41, 5.74) is 0. The van der Waals surface area contributed by atoms with Crippen molar-refractivity contribution >= 4 is 11.9 Å². The van der Waals surface area contributed by atoms with Crippen LogP contribution in [0.4, 0.5) is 0 Å². The van der Waals surface area contributed by atoms with Gasteiger partial charge < -0.3 is 30.1 Å². The number of aliphatic carboxylic acids is 1. The second-order valence-corrected chi connectivity index (χ2v) is 4.09. The number of aliphatic hydroxyl groups excluding tert-OH is 2. The van der Waals surface area contributed by atoms with Crippen LogP contribution in [0.1, 0.15) is 6.92 Å². The summed E-state index contributed by atoms with van der Waals surface area (Å²) >= 11 is 0. The van der Waals surface area contributed by atoms with Crippen LogP contribution in [-0.2, 0) is 19.1 Å². The number of carboxylic acids is 1. The van der Waals surface area contributed by atoms with Gasteiger partial charge in [0.2, 0.25) is 5.91 Å². The van der Waals surface area contributed by atoms with E-state index in [-0.39, 0.29) is 6.61 Å². The van der Waals surface area contributed by atoms with Gasteiger partial charge in [-0.3, -0.25) is 4.79 Å². The molecular weight excluding hydrogens is 258 g/mol. The molecule has 0 aliphatic carbocycles. The van der Waals surface area contributed by atoms with Crippen molar-refractivity contribution in [2.75, 3.05) is 6.61 Å². The topological polar surface area (TPSA) is 125 Å². The largest absolute Gasteiger partial charge is 0.479 e. The molecule has 1 rings (SSSR count). The molecule has 0 radical (unpaired) electrons. The fraction of sp³-hybridized carbons (Fsp3) is 0.636. The lowest BCUT2D eigenvalue weighted by molar-refractivity contribution is -0.261. The van der Waals surface area contributed by atoms with E-state index in [0.717, 1.165) is 0 Å². The molecule has 0 saturated carbocycles. The quantitative estimate of drug-likeness (QED) is 0.437. The Morgan fingerprint density at radius 3 is 2.53 bits per heavy atom. The Bertz CT molecular complexity index is 359. The van der Waals surface area contributed by atoms with Gasteiger partial charge in [0, 0.05) is 6.92 Å². The zero-order valence-electron chi connectivity index (χ0n) is 10.4. The first-order valence-corrected chi connectivity index (χ1v) is 5.62. The Kier molecular flexibility index (Phi) is 5.43. The van der Waals surface area contributed by atoms with Crippen molar-refractivity contribution in [2.45, 2.75) is 37.6 Å². The van der Waals surface area contributed by atoms with Gasteiger partial charge in [-0.15, -0.1) is 6.58 Å². The van der Waals surface area contributed by atoms with E-state index in [1.807, 2.05) is 0 Å². The van der Waals surface area contributed by atoms with E-state index in [1.54, 1.807) is 0 Å². The molecule has 8 nitrogen and oxygen atoms in total. The van der Waals surface area contributed by atoms with Crippen LogP contribution in [-0.4, -0.2) is 64.4 Å². The van der Waals surface area contributed by atoms with Crippen LogP contribution in [0.15, 0.2) is 12.7 Å². The average molecular weight is 275 g/mol. The van der Waals surface area contributed by atoms with Crippen LogP contribution in [0.25, 0.3) is 0 Å². The monoisotopic (exact) mass is 275 g/mol. The summed E-state index contributed by atoms with van der Waals surface area (Å²) in [6.45, 7) is 4.68. The third kappa shape index (κ3) is 3.74. The molecule has 5 atom stereocenters. The van der Waals surface area contributed by atoms with Crippen LogP contribution in [0.3, 0.4) is 0 Å². The minimum Gasteiger partial charge on any atom is -0.479 e. The lowest BCUT2D eigenvalue weighted by atomic mass is 9.96. The maximum absolute atomic E-state index is 11.0. The summed E-state index contributed by atoms with van der Waals surface area (Å²) < 4.78 is 10.2. The van der Waals surface area contributed by atoms with Crippen molar-refractivity contribution in [2.24, 2.45) is 0 Å². The molecule has 0 aromatic rings. The highest BCUT2D eigenvalue weighted by Gasteiger charge is 2.48. The average Bonchev–Trinajstić information content (AvgIpc) is 2.33. The molecule has 4 N–H and O–H groups in total. The summed E-state index contributed by atoms with van der Waals surface area (Å²) in [5, 5.41) is 30.7. The smallest absolute Gasteiger partial charge is 0.335 e. The highest BCUT2D eigenvalue weighted by Crippen LogP contribution is 2.22. The number of nitrogens with one attached hydrogen (secondary N) is 1. The Labute approximate surface area is 109 Å². The molecule has 0 bridgehead atoms. The molecule has 1 saturated heterocycles. The van der Waals surface area contributed by atoms with Gasteiger partial charge in [-0.05, 0) is 0 Å². The number of carboxylic acid groups (broad SMARTS) is 1. The van der Waals surface area contributed by atoms with E-state index < -0.39 is 42.5 Å². The van der Waals surface area contributed by atoms with Gasteiger partial charge in [-0.25, -0.2) is 4.79 Å². The predicted molar refractivity (Wildman–Crippen MR) is 62.1 cm³/mol. The minimum atomic E-state index is -1.67. The van der Waals surface area contributed by atoms with Gasteiger partial charge in [0.05, 0.1) is 6.61 Å². The second-order valence-electron chi connectivity index (χ2n) is 4.09. The van der Waals surface area contributed by atoms with E-state index in [9.17, 15) is 19.8 Å². The number of ether oxygens (including phenoxy) is 2. The highest BCUT2D eigenvalue weighted by atomic mass is 16.7. The summed E-state index contributed by atoms with van der Waals surface area (Å²) in [4.78, 5) is 21.9. The Hall–Kier alpha value is -1.48. The van der Waals surface area contributed by atoms with Gasteiger partial charge in [-0.1, -0.05) is 6.08 Å². The highest BCUT2D eigenvalue weighted by molar-refractivity contribution is 5.74. The number of aliphatic hydroxyl groups is 2. The molecule has 8 heteroatoms. The number of hydrogen-bond donors (Lipinski definition) is 4. The van der Waals surface area contributed by atoms with E-state index in [2.05, 4.69) is 11.9 Å². The molecule has 1 aliphatic rings. The number of carbonyl (C=O) groups excluding carboxylic acids is 1. The summed E-state index contributed by atoms with van der Waals surface area (Å²) in [6, 6.07) is -1.07. The number of amides is 1. The Morgan fingerprint density at radius 1 is 1.42 bits per heavy atom. The number of carbonyl (C=O) groups is 2. The van der Waals surface area contributed by atoms with Crippen molar-refractivity contribution in [3.05, 3.63) is 12.7 Å². The second kappa shape index (κ2) is 6.62. The molecule has 19 heavy (non-hydrogen) atoms. The molecule has 1 amide bonds. The van der Waals surface area contributed by atoms with E-state index in [0.29, 0.717) is 0 Å². The van der Waals surface area contributed by atoms with Crippen LogP contribution < -0.4 is 5.32 Å². The molecule has 0 aromatic heterocycles. The fourth-order valence-corrected chi connectivity index (χ4v) is 1.76.